The molecule has 0 aliphatic carbocycles. The summed E-state index contributed by atoms with van der Waals surface area (Å²) in [6.07, 6.45) is -2.85. The maximum absolute atomic E-state index is 12.9. The Kier molecular flexibility index (Phi) is 5.61. The lowest BCUT2D eigenvalue weighted by atomic mass is 9.93. The molecular formula is C16H21ClF3NO. The molecule has 1 aliphatic heterocycles. The average molecular weight is 336 g/mol. The maximum Gasteiger partial charge on any atom is 0.417 e. The van der Waals surface area contributed by atoms with Crippen molar-refractivity contribution in [1.29, 1.82) is 0 Å². The predicted octanol–water partition coefficient (Wildman–Crippen LogP) is 4.76. The van der Waals surface area contributed by atoms with Gasteiger partial charge in [0.25, 0.3) is 0 Å². The molecule has 2 rings (SSSR count). The van der Waals surface area contributed by atoms with E-state index in [0.29, 0.717) is 11.8 Å². The van der Waals surface area contributed by atoms with E-state index >= 15 is 0 Å². The van der Waals surface area contributed by atoms with Gasteiger partial charge in [-0.1, -0.05) is 31.5 Å². The van der Waals surface area contributed by atoms with Crippen molar-refractivity contribution in [1.82, 2.24) is 5.32 Å². The number of halogens is 4. The van der Waals surface area contributed by atoms with Crippen LogP contribution in [0, 0.1) is 11.8 Å². The summed E-state index contributed by atoms with van der Waals surface area (Å²) in [6, 6.07) is 3.82. The molecule has 1 N–H and O–H groups in total. The van der Waals surface area contributed by atoms with Gasteiger partial charge >= 0.3 is 6.18 Å². The zero-order valence-electron chi connectivity index (χ0n) is 12.7. The van der Waals surface area contributed by atoms with Gasteiger partial charge in [0.15, 0.2) is 0 Å². The molecule has 0 unspecified atom stereocenters. The standard InChI is InChI=1S/C16H21ClF3NO/c1-10(2)8-14(11-6-7-21-9-11)22-13-5-3-4-12(15(13)17)16(18,19)20/h3-5,10-11,14,21H,6-9H2,1-2H3/t11-,14-/m0/s1. The lowest BCUT2D eigenvalue weighted by molar-refractivity contribution is -0.137. The molecular weight excluding hydrogens is 315 g/mol. The van der Waals surface area contributed by atoms with Gasteiger partial charge in [-0.2, -0.15) is 13.2 Å². The second-order valence-electron chi connectivity index (χ2n) is 6.15. The summed E-state index contributed by atoms with van der Waals surface area (Å²) < 4.78 is 44.7. The Labute approximate surface area is 134 Å². The minimum Gasteiger partial charge on any atom is -0.489 e. The zero-order chi connectivity index (χ0) is 16.3. The third-order valence-corrected chi connectivity index (χ3v) is 4.26. The highest BCUT2D eigenvalue weighted by atomic mass is 35.5. The van der Waals surface area contributed by atoms with Crippen LogP contribution in [-0.4, -0.2) is 19.2 Å². The van der Waals surface area contributed by atoms with Gasteiger partial charge in [0.2, 0.25) is 0 Å². The van der Waals surface area contributed by atoms with Crippen molar-refractivity contribution < 1.29 is 17.9 Å². The van der Waals surface area contributed by atoms with Crippen LogP contribution >= 0.6 is 11.6 Å². The van der Waals surface area contributed by atoms with E-state index in [1.54, 1.807) is 0 Å². The number of hydrogen-bond acceptors (Lipinski definition) is 2. The van der Waals surface area contributed by atoms with E-state index in [-0.39, 0.29) is 16.9 Å². The summed E-state index contributed by atoms with van der Waals surface area (Å²) in [5.41, 5.74) is -0.848. The fourth-order valence-corrected chi connectivity index (χ4v) is 3.06. The topological polar surface area (TPSA) is 21.3 Å². The lowest BCUT2D eigenvalue weighted by Gasteiger charge is -2.27. The number of hydrogen-bond donors (Lipinski definition) is 1. The van der Waals surface area contributed by atoms with Gasteiger partial charge in [0, 0.05) is 12.5 Å². The normalized spacial score (nSPS) is 20.4. The molecule has 0 amide bonds. The van der Waals surface area contributed by atoms with Crippen LogP contribution in [0.1, 0.15) is 32.3 Å². The number of nitrogens with one attached hydrogen (secondary N) is 1. The van der Waals surface area contributed by atoms with Gasteiger partial charge < -0.3 is 10.1 Å². The van der Waals surface area contributed by atoms with E-state index in [0.717, 1.165) is 32.0 Å². The molecule has 1 aromatic rings. The van der Waals surface area contributed by atoms with Gasteiger partial charge in [-0.3, -0.25) is 0 Å². The smallest absolute Gasteiger partial charge is 0.417 e. The second kappa shape index (κ2) is 7.09. The summed E-state index contributed by atoms with van der Waals surface area (Å²) >= 11 is 5.92. The number of benzene rings is 1. The van der Waals surface area contributed by atoms with Crippen molar-refractivity contribution >= 4 is 11.6 Å². The van der Waals surface area contributed by atoms with Gasteiger partial charge in [-0.25, -0.2) is 0 Å². The molecule has 0 radical (unpaired) electrons. The third kappa shape index (κ3) is 4.29. The molecule has 1 heterocycles. The van der Waals surface area contributed by atoms with Crippen LogP contribution in [0.5, 0.6) is 5.75 Å². The van der Waals surface area contributed by atoms with E-state index in [4.69, 9.17) is 16.3 Å². The molecule has 22 heavy (non-hydrogen) atoms. The Hall–Kier alpha value is -0.940. The van der Waals surface area contributed by atoms with Crippen molar-refractivity contribution in [3.63, 3.8) is 0 Å². The third-order valence-electron chi connectivity index (χ3n) is 3.87. The summed E-state index contributed by atoms with van der Waals surface area (Å²) in [7, 11) is 0. The van der Waals surface area contributed by atoms with Crippen molar-refractivity contribution in [2.24, 2.45) is 11.8 Å². The van der Waals surface area contributed by atoms with Crippen LogP contribution in [0.3, 0.4) is 0 Å². The molecule has 1 saturated heterocycles. The zero-order valence-corrected chi connectivity index (χ0v) is 13.5. The fraction of sp³-hybridized carbons (Fsp3) is 0.625. The monoisotopic (exact) mass is 335 g/mol. The van der Waals surface area contributed by atoms with Gasteiger partial charge in [0.05, 0.1) is 10.6 Å². The summed E-state index contributed by atoms with van der Waals surface area (Å²) in [6.45, 7) is 5.89. The number of rotatable bonds is 5. The number of alkyl halides is 3. The molecule has 0 spiro atoms. The van der Waals surface area contributed by atoms with Crippen molar-refractivity contribution in [3.8, 4) is 5.75 Å². The molecule has 1 aromatic carbocycles. The Morgan fingerprint density at radius 1 is 1.36 bits per heavy atom. The first-order valence-electron chi connectivity index (χ1n) is 7.52. The number of ether oxygens (including phenoxy) is 1. The molecule has 6 heteroatoms. The van der Waals surface area contributed by atoms with Crippen LogP contribution in [0.4, 0.5) is 13.2 Å². The van der Waals surface area contributed by atoms with E-state index in [1.807, 2.05) is 0 Å². The van der Waals surface area contributed by atoms with Crippen molar-refractivity contribution in [2.75, 3.05) is 13.1 Å². The SMILES string of the molecule is CC(C)C[C@H](Oc1cccc(C(F)(F)F)c1Cl)[C@H]1CCNC1. The molecule has 2 nitrogen and oxygen atoms in total. The first-order chi connectivity index (χ1) is 10.3. The second-order valence-corrected chi connectivity index (χ2v) is 6.53. The molecule has 124 valence electrons. The first kappa shape index (κ1) is 17.4. The Morgan fingerprint density at radius 3 is 2.64 bits per heavy atom. The molecule has 0 saturated carbocycles. The summed E-state index contributed by atoms with van der Waals surface area (Å²) in [4.78, 5) is 0. The molecule has 0 bridgehead atoms. The molecule has 1 fully saturated rings. The summed E-state index contributed by atoms with van der Waals surface area (Å²) in [5.74, 6) is 0.817. The predicted molar refractivity (Wildman–Crippen MR) is 81.3 cm³/mol. The fourth-order valence-electron chi connectivity index (χ4n) is 2.78. The first-order valence-corrected chi connectivity index (χ1v) is 7.90. The highest BCUT2D eigenvalue weighted by Crippen LogP contribution is 2.40. The van der Waals surface area contributed by atoms with Crippen molar-refractivity contribution in [3.05, 3.63) is 28.8 Å². The Morgan fingerprint density at radius 2 is 2.09 bits per heavy atom. The minimum atomic E-state index is -4.47. The van der Waals surface area contributed by atoms with Crippen LogP contribution in [0.15, 0.2) is 18.2 Å². The van der Waals surface area contributed by atoms with E-state index < -0.39 is 11.7 Å². The largest absolute Gasteiger partial charge is 0.489 e. The van der Waals surface area contributed by atoms with Crippen LogP contribution in [-0.2, 0) is 6.18 Å². The van der Waals surface area contributed by atoms with E-state index in [1.165, 1.54) is 12.1 Å². The lowest BCUT2D eigenvalue weighted by Crippen LogP contribution is -2.30. The quantitative estimate of drug-likeness (QED) is 0.837. The Bertz CT molecular complexity index is 499. The minimum absolute atomic E-state index is 0.119. The van der Waals surface area contributed by atoms with Gasteiger partial charge in [0.1, 0.15) is 11.9 Å². The van der Waals surface area contributed by atoms with E-state index in [9.17, 15) is 13.2 Å². The molecule has 1 aliphatic rings. The van der Waals surface area contributed by atoms with E-state index in [2.05, 4.69) is 19.2 Å². The average Bonchev–Trinajstić information content (AvgIpc) is 2.92. The van der Waals surface area contributed by atoms with Crippen LogP contribution in [0.2, 0.25) is 5.02 Å². The van der Waals surface area contributed by atoms with Gasteiger partial charge in [-0.15, -0.1) is 0 Å². The Balaban J connectivity index is 2.22. The molecule has 0 aromatic heterocycles. The highest BCUT2D eigenvalue weighted by Gasteiger charge is 2.35. The summed E-state index contributed by atoms with van der Waals surface area (Å²) in [5, 5.41) is 2.92. The highest BCUT2D eigenvalue weighted by molar-refractivity contribution is 6.32. The van der Waals surface area contributed by atoms with Gasteiger partial charge in [-0.05, 0) is 37.4 Å². The maximum atomic E-state index is 12.9. The molecule has 2 atom stereocenters. The van der Waals surface area contributed by atoms with Crippen molar-refractivity contribution in [2.45, 2.75) is 39.0 Å². The van der Waals surface area contributed by atoms with Crippen LogP contribution in [0.25, 0.3) is 0 Å². The van der Waals surface area contributed by atoms with Crippen LogP contribution < -0.4 is 10.1 Å².